The Labute approximate surface area is 146 Å². The van der Waals surface area contributed by atoms with Gasteiger partial charge < -0.3 is 19.4 Å². The summed E-state index contributed by atoms with van der Waals surface area (Å²) in [6.45, 7) is 1.60. The van der Waals surface area contributed by atoms with E-state index in [4.69, 9.17) is 9.15 Å². The number of hydrogen-bond donors (Lipinski definition) is 1. The van der Waals surface area contributed by atoms with Crippen molar-refractivity contribution in [1.29, 1.82) is 0 Å². The predicted octanol–water partition coefficient (Wildman–Crippen LogP) is 2.61. The van der Waals surface area contributed by atoms with Gasteiger partial charge in [0.15, 0.2) is 11.7 Å². The second-order valence-corrected chi connectivity index (χ2v) is 6.27. The third-order valence-electron chi connectivity index (χ3n) is 4.59. The van der Waals surface area contributed by atoms with Crippen LogP contribution in [-0.4, -0.2) is 53.1 Å². The molecule has 2 aliphatic rings. The van der Waals surface area contributed by atoms with E-state index in [1.54, 1.807) is 12.1 Å². The number of carbonyl (C=O) groups is 1. The normalized spacial score (nSPS) is 23.4. The monoisotopic (exact) mass is 370 g/mol. The quantitative estimate of drug-likeness (QED) is 0.880. The summed E-state index contributed by atoms with van der Waals surface area (Å²) < 4.78 is 52.0. The first-order valence-corrected chi connectivity index (χ1v) is 8.26. The smallest absolute Gasteiger partial charge is 0.410 e. The number of nitrogens with one attached hydrogen (secondary N) is 1. The highest BCUT2D eigenvalue weighted by Gasteiger charge is 2.47. The molecule has 4 rings (SSSR count). The molecule has 26 heavy (non-hydrogen) atoms. The Morgan fingerprint density at radius 3 is 2.73 bits per heavy atom. The lowest BCUT2D eigenvalue weighted by atomic mass is 10.0. The summed E-state index contributed by atoms with van der Waals surface area (Å²) in [5, 5.41) is 6.95. The number of ether oxygens (including phenoxy) is 1. The summed E-state index contributed by atoms with van der Waals surface area (Å²) in [5.74, 6) is 0.164. The van der Waals surface area contributed by atoms with Crippen LogP contribution >= 0.6 is 0 Å². The van der Waals surface area contributed by atoms with Crippen molar-refractivity contribution in [2.24, 2.45) is 0 Å². The molecule has 140 valence electrons. The summed E-state index contributed by atoms with van der Waals surface area (Å²) >= 11 is 0. The number of carbonyl (C=O) groups excluding carboxylic acids is 1. The number of amides is 1. The van der Waals surface area contributed by atoms with Gasteiger partial charge in [0.05, 0.1) is 25.5 Å². The van der Waals surface area contributed by atoms with Gasteiger partial charge in [0, 0.05) is 25.6 Å². The van der Waals surface area contributed by atoms with Crippen LogP contribution in [0.15, 0.2) is 28.9 Å². The molecule has 1 N–H and O–H groups in total. The van der Waals surface area contributed by atoms with Crippen molar-refractivity contribution in [3.05, 3.63) is 35.9 Å². The van der Waals surface area contributed by atoms with Gasteiger partial charge >= 0.3 is 6.18 Å². The van der Waals surface area contributed by atoms with Crippen LogP contribution in [0.2, 0.25) is 0 Å². The summed E-state index contributed by atoms with van der Waals surface area (Å²) in [6.07, 6.45) is -3.34. The molecule has 1 amide bonds. The van der Waals surface area contributed by atoms with Crippen molar-refractivity contribution in [2.45, 2.75) is 24.7 Å². The molecule has 0 unspecified atom stereocenters. The van der Waals surface area contributed by atoms with E-state index >= 15 is 0 Å². The summed E-state index contributed by atoms with van der Waals surface area (Å²) in [6, 6.07) is 2.13. The zero-order valence-corrected chi connectivity index (χ0v) is 13.7. The number of fused-ring (bicyclic) bond motifs is 1. The molecule has 2 atom stereocenters. The zero-order chi connectivity index (χ0) is 18.3. The Kier molecular flexibility index (Phi) is 4.14. The molecule has 10 heteroatoms. The Bertz CT molecular complexity index is 781. The van der Waals surface area contributed by atoms with Crippen LogP contribution in [0.5, 0.6) is 0 Å². The molecule has 1 fully saturated rings. The molecular weight excluding hydrogens is 353 g/mol. The Morgan fingerprint density at radius 2 is 2.08 bits per heavy atom. The second-order valence-electron chi connectivity index (χ2n) is 6.27. The topological polar surface area (TPSA) is 72.5 Å². The van der Waals surface area contributed by atoms with E-state index in [1.165, 1.54) is 17.2 Å². The lowest BCUT2D eigenvalue weighted by molar-refractivity contribution is -0.174. The van der Waals surface area contributed by atoms with Gasteiger partial charge in [-0.15, -0.1) is 0 Å². The third kappa shape index (κ3) is 3.05. The molecule has 0 aromatic carbocycles. The van der Waals surface area contributed by atoms with Gasteiger partial charge in [0.2, 0.25) is 0 Å². The average Bonchev–Trinajstić information content (AvgIpc) is 3.29. The molecule has 0 aliphatic carbocycles. The van der Waals surface area contributed by atoms with E-state index in [9.17, 15) is 18.0 Å². The highest BCUT2D eigenvalue weighted by atomic mass is 19.4. The Hall–Kier alpha value is -2.49. The van der Waals surface area contributed by atoms with E-state index in [0.717, 1.165) is 4.68 Å². The Morgan fingerprint density at radius 1 is 1.31 bits per heavy atom. The van der Waals surface area contributed by atoms with E-state index in [2.05, 4.69) is 10.4 Å². The van der Waals surface area contributed by atoms with Crippen molar-refractivity contribution in [1.82, 2.24) is 14.7 Å². The lowest BCUT2D eigenvalue weighted by Gasteiger charge is -2.32. The van der Waals surface area contributed by atoms with Crippen LogP contribution in [0.3, 0.4) is 0 Å². The number of furan rings is 1. The molecule has 0 spiro atoms. The van der Waals surface area contributed by atoms with Crippen molar-refractivity contribution >= 4 is 11.7 Å². The van der Waals surface area contributed by atoms with Crippen LogP contribution in [0.25, 0.3) is 0 Å². The fourth-order valence-corrected chi connectivity index (χ4v) is 3.28. The van der Waals surface area contributed by atoms with Gasteiger partial charge in [-0.25, -0.2) is 4.68 Å². The van der Waals surface area contributed by atoms with Gasteiger partial charge in [0.1, 0.15) is 11.6 Å². The molecule has 2 aliphatic heterocycles. The van der Waals surface area contributed by atoms with Crippen molar-refractivity contribution < 1.29 is 27.1 Å². The molecule has 2 aromatic heterocycles. The maximum Gasteiger partial charge on any atom is 0.410 e. The van der Waals surface area contributed by atoms with Crippen molar-refractivity contribution in [3.8, 4) is 0 Å². The van der Waals surface area contributed by atoms with Crippen LogP contribution in [0, 0.1) is 0 Å². The van der Waals surface area contributed by atoms with Crippen molar-refractivity contribution in [3.63, 3.8) is 0 Å². The van der Waals surface area contributed by atoms with Crippen LogP contribution < -0.4 is 5.32 Å². The molecular formula is C16H17F3N4O3. The second kappa shape index (κ2) is 6.35. The minimum absolute atomic E-state index is 0.0104. The molecule has 1 saturated heterocycles. The molecule has 4 heterocycles. The predicted molar refractivity (Wildman–Crippen MR) is 83.7 cm³/mol. The Balaban J connectivity index is 1.66. The first-order chi connectivity index (χ1) is 12.4. The number of halogens is 3. The highest BCUT2D eigenvalue weighted by molar-refractivity contribution is 5.93. The van der Waals surface area contributed by atoms with Crippen LogP contribution in [0.4, 0.5) is 19.0 Å². The van der Waals surface area contributed by atoms with Gasteiger partial charge in [-0.2, -0.15) is 18.3 Å². The number of aromatic nitrogens is 2. The van der Waals surface area contributed by atoms with Crippen LogP contribution in [0.1, 0.15) is 34.8 Å². The van der Waals surface area contributed by atoms with Crippen LogP contribution in [-0.2, 0) is 4.74 Å². The lowest BCUT2D eigenvalue weighted by Crippen LogP contribution is -2.41. The number of anilines is 1. The summed E-state index contributed by atoms with van der Waals surface area (Å²) in [5.41, 5.74) is -0.0104. The minimum Gasteiger partial charge on any atom is -0.467 e. The fourth-order valence-electron chi connectivity index (χ4n) is 3.28. The van der Waals surface area contributed by atoms with E-state index < -0.39 is 24.2 Å². The van der Waals surface area contributed by atoms with Gasteiger partial charge in [-0.3, -0.25) is 4.79 Å². The number of morpholine rings is 1. The standard InChI is InChI=1S/C16H17F3N4O3/c17-16(18,19)13-8-10(12-2-1-5-26-12)20-14-9-11(21-23(13)14)15(24)22-3-6-25-7-4-22/h1-2,5,9-10,13,20H,3-4,6-8H2/t10-,13+/m1/s1. The van der Waals surface area contributed by atoms with Crippen molar-refractivity contribution in [2.75, 3.05) is 31.6 Å². The number of alkyl halides is 3. The van der Waals surface area contributed by atoms with Gasteiger partial charge in [-0.05, 0) is 12.1 Å². The summed E-state index contributed by atoms with van der Waals surface area (Å²) in [4.78, 5) is 14.1. The first kappa shape index (κ1) is 17.0. The number of nitrogens with zero attached hydrogens (tertiary/aromatic N) is 3. The highest BCUT2D eigenvalue weighted by Crippen LogP contribution is 2.43. The SMILES string of the molecule is O=C(c1cc2n(n1)[C@H](C(F)(F)F)C[C@H](c1ccco1)N2)N1CCOCC1. The third-order valence-corrected chi connectivity index (χ3v) is 4.59. The zero-order valence-electron chi connectivity index (χ0n) is 13.7. The molecule has 0 radical (unpaired) electrons. The number of hydrogen-bond acceptors (Lipinski definition) is 5. The van der Waals surface area contributed by atoms with Gasteiger partial charge in [-0.1, -0.05) is 0 Å². The maximum absolute atomic E-state index is 13.6. The van der Waals surface area contributed by atoms with E-state index in [-0.39, 0.29) is 17.9 Å². The molecule has 0 bridgehead atoms. The maximum atomic E-state index is 13.6. The first-order valence-electron chi connectivity index (χ1n) is 8.26. The largest absolute Gasteiger partial charge is 0.467 e. The summed E-state index contributed by atoms with van der Waals surface area (Å²) in [7, 11) is 0. The molecule has 0 saturated carbocycles. The number of rotatable bonds is 2. The fraction of sp³-hybridized carbons (Fsp3) is 0.500. The average molecular weight is 370 g/mol. The van der Waals surface area contributed by atoms with Gasteiger partial charge in [0.25, 0.3) is 5.91 Å². The van der Waals surface area contributed by atoms with E-state index in [0.29, 0.717) is 32.1 Å². The molecule has 2 aromatic rings. The van der Waals surface area contributed by atoms with E-state index in [1.807, 2.05) is 0 Å². The minimum atomic E-state index is -4.49. The molecule has 7 nitrogen and oxygen atoms in total.